The van der Waals surface area contributed by atoms with E-state index in [0.29, 0.717) is 13.0 Å². The molecule has 0 unspecified atom stereocenters. The van der Waals surface area contributed by atoms with Gasteiger partial charge in [-0.25, -0.2) is 4.79 Å². The molecule has 14 heavy (non-hydrogen) atoms. The Balaban J connectivity index is 3.41. The summed E-state index contributed by atoms with van der Waals surface area (Å²) in [4.78, 5) is 20.9. The monoisotopic (exact) mass is 202 g/mol. The van der Waals surface area contributed by atoms with E-state index in [1.807, 2.05) is 0 Å². The average molecular weight is 202 g/mol. The summed E-state index contributed by atoms with van der Waals surface area (Å²) in [6.07, 6.45) is 0.481. The van der Waals surface area contributed by atoms with E-state index in [-0.39, 0.29) is 18.6 Å². The summed E-state index contributed by atoms with van der Waals surface area (Å²) in [5.41, 5.74) is 0.225. The maximum atomic E-state index is 10.8. The van der Waals surface area contributed by atoms with Gasteiger partial charge in [-0.2, -0.15) is 0 Å². The van der Waals surface area contributed by atoms with Gasteiger partial charge in [0.25, 0.3) is 0 Å². The molecule has 0 aliphatic carbocycles. The van der Waals surface area contributed by atoms with Crippen LogP contribution in [0.1, 0.15) is 12.8 Å². The molecule has 0 fully saturated rings. The van der Waals surface area contributed by atoms with Gasteiger partial charge in [0.1, 0.15) is 0 Å². The minimum absolute atomic E-state index is 0.0602. The quantitative estimate of drug-likeness (QED) is 0.371. The number of carboxylic acid groups (broad SMARTS) is 1. The van der Waals surface area contributed by atoms with E-state index in [4.69, 9.17) is 9.84 Å². The third kappa shape index (κ3) is 6.19. The summed E-state index contributed by atoms with van der Waals surface area (Å²) in [5.74, 6) is -1.37. The Kier molecular flexibility index (Phi) is 6.39. The van der Waals surface area contributed by atoms with Crippen LogP contribution in [0.2, 0.25) is 0 Å². The fourth-order valence-electron chi connectivity index (χ4n) is 0.724. The van der Waals surface area contributed by atoms with E-state index >= 15 is 0 Å². The number of methoxy groups -OCH3 is 1. The van der Waals surface area contributed by atoms with E-state index in [2.05, 4.69) is 11.3 Å². The van der Waals surface area contributed by atoms with Crippen LogP contribution >= 0.6 is 0 Å². The predicted octanol–water partition coefficient (Wildman–Crippen LogP) is 0.597. The number of rotatable bonds is 7. The Bertz CT molecular complexity index is 221. The van der Waals surface area contributed by atoms with E-state index in [1.165, 1.54) is 7.11 Å². The molecule has 0 radical (unpaired) electrons. The van der Waals surface area contributed by atoms with E-state index < -0.39 is 11.9 Å². The SMILES string of the molecule is C=C(COCCCC(=O)O)C(=O)OC. The van der Waals surface area contributed by atoms with Gasteiger partial charge in [-0.05, 0) is 6.42 Å². The van der Waals surface area contributed by atoms with Crippen molar-refractivity contribution < 1.29 is 24.2 Å². The van der Waals surface area contributed by atoms with Crippen molar-refractivity contribution in [1.29, 1.82) is 0 Å². The van der Waals surface area contributed by atoms with Crippen LogP contribution in [0.25, 0.3) is 0 Å². The molecule has 80 valence electrons. The molecule has 0 aliphatic rings. The number of carbonyl (C=O) groups excluding carboxylic acids is 1. The normalized spacial score (nSPS) is 9.50. The van der Waals surface area contributed by atoms with Crippen LogP contribution in [-0.2, 0) is 19.1 Å². The Morgan fingerprint density at radius 1 is 1.43 bits per heavy atom. The molecule has 0 spiro atoms. The van der Waals surface area contributed by atoms with Crippen molar-refractivity contribution in [3.63, 3.8) is 0 Å². The highest BCUT2D eigenvalue weighted by atomic mass is 16.5. The van der Waals surface area contributed by atoms with Gasteiger partial charge < -0.3 is 14.6 Å². The highest BCUT2D eigenvalue weighted by molar-refractivity contribution is 5.87. The molecule has 1 N–H and O–H groups in total. The molecule has 0 atom stereocenters. The highest BCUT2D eigenvalue weighted by Gasteiger charge is 2.06. The molecule has 0 saturated heterocycles. The second kappa shape index (κ2) is 7.08. The van der Waals surface area contributed by atoms with Crippen molar-refractivity contribution in [3.05, 3.63) is 12.2 Å². The van der Waals surface area contributed by atoms with Crippen LogP contribution in [0.5, 0.6) is 0 Å². The first-order valence-corrected chi connectivity index (χ1v) is 4.13. The molecule has 5 heteroatoms. The summed E-state index contributed by atoms with van der Waals surface area (Å²) in [5, 5.41) is 8.30. The smallest absolute Gasteiger partial charge is 0.335 e. The van der Waals surface area contributed by atoms with Crippen LogP contribution in [0, 0.1) is 0 Å². The van der Waals surface area contributed by atoms with Crippen molar-refractivity contribution in [2.24, 2.45) is 0 Å². The molecule has 0 heterocycles. The fraction of sp³-hybridized carbons (Fsp3) is 0.556. The number of carboxylic acids is 1. The first-order chi connectivity index (χ1) is 6.57. The second-order valence-corrected chi connectivity index (χ2v) is 2.65. The standard InChI is InChI=1S/C9H14O5/c1-7(9(12)13-2)6-14-5-3-4-8(10)11/h1,3-6H2,2H3,(H,10,11). The molecule has 0 bridgehead atoms. The number of aliphatic carboxylic acids is 1. The molecule has 0 rings (SSSR count). The maximum Gasteiger partial charge on any atom is 0.335 e. The first-order valence-electron chi connectivity index (χ1n) is 4.13. The topological polar surface area (TPSA) is 72.8 Å². The molecule has 0 aromatic carbocycles. The van der Waals surface area contributed by atoms with Gasteiger partial charge >= 0.3 is 11.9 Å². The molecular formula is C9H14O5. The Hall–Kier alpha value is -1.36. The number of carbonyl (C=O) groups is 2. The minimum atomic E-state index is -0.861. The lowest BCUT2D eigenvalue weighted by Gasteiger charge is -2.04. The van der Waals surface area contributed by atoms with Crippen LogP contribution < -0.4 is 0 Å². The van der Waals surface area contributed by atoms with Gasteiger partial charge in [0.2, 0.25) is 0 Å². The molecular weight excluding hydrogens is 188 g/mol. The molecule has 0 aliphatic heterocycles. The van der Waals surface area contributed by atoms with Gasteiger partial charge in [-0.1, -0.05) is 6.58 Å². The predicted molar refractivity (Wildman–Crippen MR) is 48.8 cm³/mol. The molecule has 0 saturated carbocycles. The van der Waals surface area contributed by atoms with E-state index in [1.54, 1.807) is 0 Å². The van der Waals surface area contributed by atoms with Crippen LogP contribution in [0.15, 0.2) is 12.2 Å². The lowest BCUT2D eigenvalue weighted by Crippen LogP contribution is -2.10. The van der Waals surface area contributed by atoms with Crippen LogP contribution in [-0.4, -0.2) is 37.4 Å². The lowest BCUT2D eigenvalue weighted by atomic mass is 10.3. The third-order valence-corrected chi connectivity index (χ3v) is 1.43. The summed E-state index contributed by atoms with van der Waals surface area (Å²) in [7, 11) is 1.26. The van der Waals surface area contributed by atoms with Gasteiger partial charge in [0.15, 0.2) is 0 Å². The Morgan fingerprint density at radius 3 is 2.57 bits per heavy atom. The minimum Gasteiger partial charge on any atom is -0.481 e. The summed E-state index contributed by atoms with van der Waals surface area (Å²) >= 11 is 0. The lowest BCUT2D eigenvalue weighted by molar-refractivity contribution is -0.138. The van der Waals surface area contributed by atoms with Crippen molar-refractivity contribution in [2.75, 3.05) is 20.3 Å². The maximum absolute atomic E-state index is 10.8. The molecule has 0 aromatic heterocycles. The number of ether oxygens (including phenoxy) is 2. The summed E-state index contributed by atoms with van der Waals surface area (Å²) in [6, 6.07) is 0. The fourth-order valence-corrected chi connectivity index (χ4v) is 0.724. The zero-order chi connectivity index (χ0) is 11.0. The van der Waals surface area contributed by atoms with Gasteiger partial charge in [-0.15, -0.1) is 0 Å². The largest absolute Gasteiger partial charge is 0.481 e. The zero-order valence-electron chi connectivity index (χ0n) is 8.12. The molecule has 0 aromatic rings. The third-order valence-electron chi connectivity index (χ3n) is 1.43. The summed E-state index contributed by atoms with van der Waals surface area (Å²) < 4.78 is 9.40. The Labute approximate surface area is 82.3 Å². The van der Waals surface area contributed by atoms with Gasteiger partial charge in [0, 0.05) is 13.0 Å². The molecule has 5 nitrogen and oxygen atoms in total. The van der Waals surface area contributed by atoms with Gasteiger partial charge in [0.05, 0.1) is 19.3 Å². The van der Waals surface area contributed by atoms with Crippen molar-refractivity contribution in [1.82, 2.24) is 0 Å². The van der Waals surface area contributed by atoms with Crippen LogP contribution in [0.3, 0.4) is 0 Å². The van der Waals surface area contributed by atoms with Crippen molar-refractivity contribution in [3.8, 4) is 0 Å². The Morgan fingerprint density at radius 2 is 2.07 bits per heavy atom. The number of hydrogen-bond donors (Lipinski definition) is 1. The van der Waals surface area contributed by atoms with Crippen LogP contribution in [0.4, 0.5) is 0 Å². The number of hydrogen-bond acceptors (Lipinski definition) is 4. The zero-order valence-corrected chi connectivity index (χ0v) is 8.12. The first kappa shape index (κ1) is 12.6. The van der Waals surface area contributed by atoms with Crippen molar-refractivity contribution >= 4 is 11.9 Å². The van der Waals surface area contributed by atoms with Crippen molar-refractivity contribution in [2.45, 2.75) is 12.8 Å². The van der Waals surface area contributed by atoms with E-state index in [9.17, 15) is 9.59 Å². The highest BCUT2D eigenvalue weighted by Crippen LogP contribution is 1.96. The van der Waals surface area contributed by atoms with Gasteiger partial charge in [-0.3, -0.25) is 4.79 Å². The average Bonchev–Trinajstić information content (AvgIpc) is 2.15. The van der Waals surface area contributed by atoms with E-state index in [0.717, 1.165) is 0 Å². The summed E-state index contributed by atoms with van der Waals surface area (Å²) in [6.45, 7) is 3.81. The second-order valence-electron chi connectivity index (χ2n) is 2.65. The molecule has 0 amide bonds. The number of esters is 1.